The molecule has 0 amide bonds. The fraction of sp³-hybridized carbons (Fsp3) is 0. The lowest BCUT2D eigenvalue weighted by Crippen LogP contribution is -1.76. The van der Waals surface area contributed by atoms with Crippen molar-refractivity contribution in [1.29, 1.82) is 0 Å². The molecule has 11 heavy (non-hydrogen) atoms. The van der Waals surface area contributed by atoms with Gasteiger partial charge in [0, 0.05) is 5.69 Å². The summed E-state index contributed by atoms with van der Waals surface area (Å²) in [7, 11) is 0. The highest BCUT2D eigenvalue weighted by atomic mass is 127. The number of benzene rings is 1. The van der Waals surface area contributed by atoms with Gasteiger partial charge < -0.3 is 3.53 Å². The number of rotatable bonds is 1. The summed E-state index contributed by atoms with van der Waals surface area (Å²) >= 11 is 3.78. The fourth-order valence-corrected chi connectivity index (χ4v) is 1.97. The molecule has 2 rings (SSSR count). The smallest absolute Gasteiger partial charge is 0.0813 e. The van der Waals surface area contributed by atoms with Gasteiger partial charge >= 0.3 is 0 Å². The van der Waals surface area contributed by atoms with E-state index in [-0.39, 0.29) is 0 Å². The van der Waals surface area contributed by atoms with Crippen LogP contribution in [0, 0.1) is 0 Å². The van der Waals surface area contributed by atoms with E-state index in [0.717, 1.165) is 11.2 Å². The molecule has 1 aromatic heterocycles. The highest BCUT2D eigenvalue weighted by Gasteiger charge is 1.95. The van der Waals surface area contributed by atoms with Crippen LogP contribution in [0.15, 0.2) is 23.7 Å². The topological polar surface area (TPSA) is 24.9 Å². The van der Waals surface area contributed by atoms with Crippen LogP contribution in [0.4, 0.5) is 5.69 Å². The fourth-order valence-electron chi connectivity index (χ4n) is 0.914. The number of aromatic nitrogens is 1. The van der Waals surface area contributed by atoms with E-state index in [1.54, 1.807) is 11.3 Å². The van der Waals surface area contributed by atoms with Gasteiger partial charge in [-0.1, -0.05) is 0 Å². The Balaban J connectivity index is 2.67. The Bertz CT molecular complexity index is 371. The predicted molar refractivity (Wildman–Crippen MR) is 57.3 cm³/mol. The number of nitrogens with zero attached hydrogens (tertiary/aromatic N) is 1. The summed E-state index contributed by atoms with van der Waals surface area (Å²) in [6.07, 6.45) is 0. The molecule has 2 nitrogen and oxygen atoms in total. The van der Waals surface area contributed by atoms with E-state index in [1.807, 2.05) is 17.6 Å². The zero-order valence-corrected chi connectivity index (χ0v) is 8.52. The van der Waals surface area contributed by atoms with Crippen molar-refractivity contribution in [2.45, 2.75) is 0 Å². The summed E-state index contributed by atoms with van der Waals surface area (Å²) in [6, 6.07) is 6.14. The van der Waals surface area contributed by atoms with Crippen molar-refractivity contribution in [2.75, 3.05) is 3.53 Å². The van der Waals surface area contributed by atoms with E-state index in [9.17, 15) is 0 Å². The molecular formula is C7H5IN2S. The van der Waals surface area contributed by atoms with Crippen LogP contribution in [0.1, 0.15) is 0 Å². The molecule has 0 fully saturated rings. The molecule has 1 heterocycles. The molecule has 0 unspecified atom stereocenters. The van der Waals surface area contributed by atoms with Crippen LogP contribution in [0.5, 0.6) is 0 Å². The molecule has 0 saturated carbocycles. The van der Waals surface area contributed by atoms with Gasteiger partial charge in [0.25, 0.3) is 0 Å². The lowest BCUT2D eigenvalue weighted by molar-refractivity contribution is 1.50. The van der Waals surface area contributed by atoms with Crippen molar-refractivity contribution in [3.05, 3.63) is 23.7 Å². The molecule has 0 atom stereocenters. The van der Waals surface area contributed by atoms with Crippen LogP contribution in [0.2, 0.25) is 0 Å². The average Bonchev–Trinajstić information content (AvgIpc) is 2.50. The summed E-state index contributed by atoms with van der Waals surface area (Å²) in [4.78, 5) is 4.18. The third-order valence-electron chi connectivity index (χ3n) is 1.44. The summed E-state index contributed by atoms with van der Waals surface area (Å²) in [6.45, 7) is 0. The summed E-state index contributed by atoms with van der Waals surface area (Å²) in [5, 5.41) is 0. The largest absolute Gasteiger partial charge is 0.328 e. The maximum absolute atomic E-state index is 4.18. The van der Waals surface area contributed by atoms with Crippen molar-refractivity contribution in [3.8, 4) is 0 Å². The van der Waals surface area contributed by atoms with Crippen LogP contribution in [-0.2, 0) is 0 Å². The van der Waals surface area contributed by atoms with Crippen molar-refractivity contribution in [3.63, 3.8) is 0 Å². The standard InChI is InChI=1S/C7H5IN2S/c8-10-5-1-2-6-7(3-5)11-4-9-6/h1-4,10H. The molecule has 0 aliphatic heterocycles. The average molecular weight is 276 g/mol. The number of fused-ring (bicyclic) bond motifs is 1. The highest BCUT2D eigenvalue weighted by molar-refractivity contribution is 14.1. The number of nitrogens with one attached hydrogen (secondary N) is 1. The molecule has 4 heteroatoms. The molecule has 1 N–H and O–H groups in total. The predicted octanol–water partition coefficient (Wildman–Crippen LogP) is 3.06. The molecule has 0 aliphatic carbocycles. The summed E-state index contributed by atoms with van der Waals surface area (Å²) in [5.74, 6) is 0. The first kappa shape index (κ1) is 7.30. The first-order valence-corrected chi connectivity index (χ1v) is 5.06. The van der Waals surface area contributed by atoms with E-state index >= 15 is 0 Å². The summed E-state index contributed by atoms with van der Waals surface area (Å²) < 4.78 is 4.29. The Kier molecular flexibility index (Phi) is 1.95. The van der Waals surface area contributed by atoms with Crippen LogP contribution >= 0.6 is 34.2 Å². The lowest BCUT2D eigenvalue weighted by Gasteiger charge is -1.95. The van der Waals surface area contributed by atoms with Crippen LogP contribution in [0.3, 0.4) is 0 Å². The number of hydrogen-bond acceptors (Lipinski definition) is 3. The second-order valence-corrected chi connectivity index (χ2v) is 3.56. The highest BCUT2D eigenvalue weighted by Crippen LogP contribution is 2.22. The molecule has 1 aromatic carbocycles. The van der Waals surface area contributed by atoms with E-state index < -0.39 is 0 Å². The third kappa shape index (κ3) is 1.32. The lowest BCUT2D eigenvalue weighted by atomic mass is 10.3. The van der Waals surface area contributed by atoms with E-state index in [0.29, 0.717) is 0 Å². The van der Waals surface area contributed by atoms with Crippen molar-refractivity contribution in [2.24, 2.45) is 0 Å². The van der Waals surface area contributed by atoms with Gasteiger partial charge in [-0.15, -0.1) is 11.3 Å². The monoisotopic (exact) mass is 276 g/mol. The third-order valence-corrected chi connectivity index (χ3v) is 2.85. The van der Waals surface area contributed by atoms with Crippen LogP contribution in [0.25, 0.3) is 10.2 Å². The minimum Gasteiger partial charge on any atom is -0.328 e. The van der Waals surface area contributed by atoms with Gasteiger partial charge in [-0.2, -0.15) is 0 Å². The van der Waals surface area contributed by atoms with Gasteiger partial charge in [-0.3, -0.25) is 0 Å². The Labute approximate surface area is 82.1 Å². The maximum atomic E-state index is 4.18. The molecular weight excluding hydrogens is 271 g/mol. The second kappa shape index (κ2) is 2.94. The Morgan fingerprint density at radius 2 is 2.36 bits per heavy atom. The van der Waals surface area contributed by atoms with Crippen molar-refractivity contribution >= 4 is 50.1 Å². The van der Waals surface area contributed by atoms with Gasteiger partial charge in [-0.25, -0.2) is 4.98 Å². The zero-order valence-electron chi connectivity index (χ0n) is 5.54. The molecule has 0 radical (unpaired) electrons. The van der Waals surface area contributed by atoms with Gasteiger partial charge in [0.1, 0.15) is 0 Å². The minimum absolute atomic E-state index is 1.07. The van der Waals surface area contributed by atoms with Crippen molar-refractivity contribution in [1.82, 2.24) is 4.98 Å². The van der Waals surface area contributed by atoms with E-state index in [1.165, 1.54) is 4.70 Å². The molecule has 0 aliphatic rings. The van der Waals surface area contributed by atoms with E-state index in [4.69, 9.17) is 0 Å². The first-order chi connectivity index (χ1) is 5.40. The number of halogens is 1. The minimum atomic E-state index is 1.07. The summed E-state index contributed by atoms with van der Waals surface area (Å²) in [5.41, 5.74) is 4.06. The molecule has 0 spiro atoms. The van der Waals surface area contributed by atoms with Gasteiger partial charge in [0.15, 0.2) is 0 Å². The number of anilines is 1. The van der Waals surface area contributed by atoms with Crippen LogP contribution in [-0.4, -0.2) is 4.98 Å². The number of hydrogen-bond donors (Lipinski definition) is 1. The van der Waals surface area contributed by atoms with Crippen LogP contribution < -0.4 is 3.53 Å². The van der Waals surface area contributed by atoms with Crippen molar-refractivity contribution < 1.29 is 0 Å². The van der Waals surface area contributed by atoms with Gasteiger partial charge in [-0.05, 0) is 18.2 Å². The molecule has 0 bridgehead atoms. The SMILES string of the molecule is INc1ccc2ncsc2c1. The Hall–Kier alpha value is -0.360. The maximum Gasteiger partial charge on any atom is 0.0813 e. The zero-order chi connectivity index (χ0) is 7.68. The van der Waals surface area contributed by atoms with Gasteiger partial charge in [0.05, 0.1) is 38.6 Å². The first-order valence-electron chi connectivity index (χ1n) is 3.10. The normalized spacial score (nSPS) is 10.3. The Morgan fingerprint density at radius 1 is 1.45 bits per heavy atom. The molecule has 0 saturated heterocycles. The molecule has 56 valence electrons. The van der Waals surface area contributed by atoms with Gasteiger partial charge in [0.2, 0.25) is 0 Å². The molecule has 2 aromatic rings. The quantitative estimate of drug-likeness (QED) is 0.639. The van der Waals surface area contributed by atoms with E-state index in [2.05, 4.69) is 37.4 Å². The second-order valence-electron chi connectivity index (χ2n) is 2.13. The number of thiazole rings is 1. The Morgan fingerprint density at radius 3 is 3.18 bits per heavy atom.